The van der Waals surface area contributed by atoms with Crippen molar-refractivity contribution in [1.29, 1.82) is 0 Å². The molecular weight excluding hydrogens is 218 g/mol. The second-order valence-corrected chi connectivity index (χ2v) is 4.75. The summed E-state index contributed by atoms with van der Waals surface area (Å²) in [5.74, 6) is 0.0990. The Bertz CT molecular complexity index is 281. The first-order valence-corrected chi connectivity index (χ1v) is 6.23. The molecule has 1 fully saturated rings. The van der Waals surface area contributed by atoms with E-state index < -0.39 is 0 Å². The summed E-state index contributed by atoms with van der Waals surface area (Å²) in [6.07, 6.45) is 3.15. The van der Waals surface area contributed by atoms with Gasteiger partial charge in [-0.1, -0.05) is 6.42 Å². The molecule has 1 heterocycles. The number of rotatable bonds is 6. The van der Waals surface area contributed by atoms with Gasteiger partial charge in [-0.25, -0.2) is 0 Å². The van der Waals surface area contributed by atoms with E-state index in [-0.39, 0.29) is 24.9 Å². The fraction of sp³-hybridized carbons (Fsp3) is 0.833. The Morgan fingerprint density at radius 1 is 1.24 bits per heavy atom. The zero-order valence-electron chi connectivity index (χ0n) is 11.0. The van der Waals surface area contributed by atoms with Crippen LogP contribution >= 0.6 is 0 Å². The van der Waals surface area contributed by atoms with E-state index in [1.54, 1.807) is 11.9 Å². The fourth-order valence-electron chi connectivity index (χ4n) is 1.86. The number of likely N-dealkylation sites (N-methyl/N-ethyl adjacent to an activating group) is 1. The van der Waals surface area contributed by atoms with Crippen molar-refractivity contribution in [2.75, 3.05) is 33.7 Å². The first-order chi connectivity index (χ1) is 8.04. The molecule has 2 amide bonds. The molecule has 1 unspecified atom stereocenters. The lowest BCUT2D eigenvalue weighted by atomic mass is 10.1. The largest absolute Gasteiger partial charge is 0.335 e. The number of nitrogens with one attached hydrogen (secondary N) is 1. The van der Waals surface area contributed by atoms with Crippen molar-refractivity contribution < 1.29 is 9.59 Å². The molecule has 0 aliphatic carbocycles. The van der Waals surface area contributed by atoms with Crippen LogP contribution in [0.3, 0.4) is 0 Å². The zero-order valence-corrected chi connectivity index (χ0v) is 11.0. The van der Waals surface area contributed by atoms with E-state index >= 15 is 0 Å². The Kier molecular flexibility index (Phi) is 5.41. The molecule has 0 aromatic rings. The van der Waals surface area contributed by atoms with E-state index in [0.29, 0.717) is 12.6 Å². The van der Waals surface area contributed by atoms with E-state index in [0.717, 1.165) is 19.3 Å². The minimum Gasteiger partial charge on any atom is -0.335 e. The van der Waals surface area contributed by atoms with Gasteiger partial charge in [0.05, 0.1) is 13.1 Å². The minimum absolute atomic E-state index is 0.0354. The maximum Gasteiger partial charge on any atom is 0.242 e. The van der Waals surface area contributed by atoms with E-state index in [1.807, 2.05) is 7.05 Å². The van der Waals surface area contributed by atoms with Gasteiger partial charge in [0.15, 0.2) is 0 Å². The number of unbranched alkanes of at least 4 members (excludes halogenated alkanes) is 1. The third-order valence-electron chi connectivity index (χ3n) is 3.28. The molecule has 0 bridgehead atoms. The van der Waals surface area contributed by atoms with Gasteiger partial charge < -0.3 is 15.1 Å². The molecule has 1 saturated heterocycles. The van der Waals surface area contributed by atoms with Gasteiger partial charge in [0.1, 0.15) is 0 Å². The Hall–Kier alpha value is -1.10. The lowest BCUT2D eigenvalue weighted by molar-refractivity contribution is -0.148. The average Bonchev–Trinajstić information content (AvgIpc) is 2.30. The maximum atomic E-state index is 11.7. The smallest absolute Gasteiger partial charge is 0.242 e. The summed E-state index contributed by atoms with van der Waals surface area (Å²) in [4.78, 5) is 26.3. The van der Waals surface area contributed by atoms with Crippen molar-refractivity contribution >= 4 is 11.8 Å². The summed E-state index contributed by atoms with van der Waals surface area (Å²) in [7, 11) is 3.62. The first kappa shape index (κ1) is 14.0. The monoisotopic (exact) mass is 241 g/mol. The van der Waals surface area contributed by atoms with Crippen molar-refractivity contribution in [1.82, 2.24) is 15.1 Å². The summed E-state index contributed by atoms with van der Waals surface area (Å²) in [6.45, 7) is 3.32. The lowest BCUT2D eigenvalue weighted by Gasteiger charge is -2.31. The quantitative estimate of drug-likeness (QED) is 0.669. The third-order valence-corrected chi connectivity index (χ3v) is 3.28. The topological polar surface area (TPSA) is 52.7 Å². The molecule has 1 N–H and O–H groups in total. The van der Waals surface area contributed by atoms with Crippen molar-refractivity contribution in [3.05, 3.63) is 0 Å². The van der Waals surface area contributed by atoms with Crippen LogP contribution in [-0.2, 0) is 9.59 Å². The highest BCUT2D eigenvalue weighted by Gasteiger charge is 2.26. The number of amides is 2. The molecule has 1 atom stereocenters. The van der Waals surface area contributed by atoms with Gasteiger partial charge in [-0.15, -0.1) is 0 Å². The van der Waals surface area contributed by atoms with E-state index in [4.69, 9.17) is 0 Å². The van der Waals surface area contributed by atoms with Gasteiger partial charge in [0.2, 0.25) is 11.8 Å². The van der Waals surface area contributed by atoms with Crippen LogP contribution in [0.5, 0.6) is 0 Å². The van der Waals surface area contributed by atoms with E-state index in [2.05, 4.69) is 12.2 Å². The van der Waals surface area contributed by atoms with Crippen LogP contribution in [0.15, 0.2) is 0 Å². The van der Waals surface area contributed by atoms with Crippen LogP contribution < -0.4 is 5.32 Å². The van der Waals surface area contributed by atoms with Gasteiger partial charge in [-0.2, -0.15) is 0 Å². The third kappa shape index (κ3) is 4.34. The molecule has 1 aliphatic rings. The Balaban J connectivity index is 2.23. The van der Waals surface area contributed by atoms with Gasteiger partial charge >= 0.3 is 0 Å². The molecule has 5 heteroatoms. The average molecular weight is 241 g/mol. The second kappa shape index (κ2) is 6.59. The number of hydrogen-bond donors (Lipinski definition) is 1. The summed E-state index contributed by atoms with van der Waals surface area (Å²) in [5.41, 5.74) is 0. The van der Waals surface area contributed by atoms with E-state index in [9.17, 15) is 9.59 Å². The predicted octanol–water partition coefficient (Wildman–Crippen LogP) is 0.0652. The van der Waals surface area contributed by atoms with Gasteiger partial charge in [0.25, 0.3) is 0 Å². The van der Waals surface area contributed by atoms with Crippen LogP contribution in [0, 0.1) is 0 Å². The summed E-state index contributed by atoms with van der Waals surface area (Å²) >= 11 is 0. The summed E-state index contributed by atoms with van der Waals surface area (Å²) in [5, 5.41) is 3.18. The summed E-state index contributed by atoms with van der Waals surface area (Å²) in [6, 6.07) is 0.514. The van der Waals surface area contributed by atoms with Crippen LogP contribution in [-0.4, -0.2) is 61.4 Å². The van der Waals surface area contributed by atoms with Crippen LogP contribution in [0.1, 0.15) is 26.2 Å². The maximum absolute atomic E-state index is 11.7. The highest BCUT2D eigenvalue weighted by molar-refractivity contribution is 5.92. The highest BCUT2D eigenvalue weighted by atomic mass is 16.2. The number of piperazine rings is 1. The van der Waals surface area contributed by atoms with Crippen LogP contribution in [0.4, 0.5) is 0 Å². The normalized spacial score (nSPS) is 18.8. The van der Waals surface area contributed by atoms with Gasteiger partial charge in [-0.05, 0) is 26.8 Å². The number of carbonyl (C=O) groups is 2. The molecule has 0 saturated carbocycles. The highest BCUT2D eigenvalue weighted by Crippen LogP contribution is 2.06. The van der Waals surface area contributed by atoms with Crippen LogP contribution in [0.25, 0.3) is 0 Å². The fourth-order valence-corrected chi connectivity index (χ4v) is 1.86. The molecule has 1 aliphatic heterocycles. The standard InChI is InChI=1S/C12H23N3O2/c1-10(13-2)6-4-5-7-15-9-11(16)14(3)8-12(15)17/h10,13H,4-9H2,1-3H3. The van der Waals surface area contributed by atoms with Crippen molar-refractivity contribution in [2.45, 2.75) is 32.2 Å². The Labute approximate surface area is 103 Å². The minimum atomic E-state index is 0.0354. The van der Waals surface area contributed by atoms with Gasteiger partial charge in [0, 0.05) is 19.6 Å². The van der Waals surface area contributed by atoms with Crippen molar-refractivity contribution in [3.8, 4) is 0 Å². The Morgan fingerprint density at radius 2 is 1.94 bits per heavy atom. The number of carbonyl (C=O) groups excluding carboxylic acids is 2. The summed E-state index contributed by atoms with van der Waals surface area (Å²) < 4.78 is 0. The first-order valence-electron chi connectivity index (χ1n) is 6.23. The zero-order chi connectivity index (χ0) is 12.8. The van der Waals surface area contributed by atoms with E-state index in [1.165, 1.54) is 4.90 Å². The Morgan fingerprint density at radius 3 is 2.59 bits per heavy atom. The molecule has 0 spiro atoms. The molecular formula is C12H23N3O2. The molecule has 0 aromatic carbocycles. The van der Waals surface area contributed by atoms with Gasteiger partial charge in [-0.3, -0.25) is 9.59 Å². The molecule has 98 valence electrons. The van der Waals surface area contributed by atoms with Crippen molar-refractivity contribution in [2.24, 2.45) is 0 Å². The predicted molar refractivity (Wildman–Crippen MR) is 66.6 cm³/mol. The lowest BCUT2D eigenvalue weighted by Crippen LogP contribution is -2.52. The SMILES string of the molecule is CNC(C)CCCCN1CC(=O)N(C)CC1=O. The number of nitrogens with zero attached hydrogens (tertiary/aromatic N) is 2. The second-order valence-electron chi connectivity index (χ2n) is 4.75. The molecule has 5 nitrogen and oxygen atoms in total. The molecule has 0 aromatic heterocycles. The molecule has 1 rings (SSSR count). The van der Waals surface area contributed by atoms with Crippen molar-refractivity contribution in [3.63, 3.8) is 0 Å². The van der Waals surface area contributed by atoms with Crippen LogP contribution in [0.2, 0.25) is 0 Å². The molecule has 0 radical (unpaired) electrons. The number of hydrogen-bond acceptors (Lipinski definition) is 3. The molecule has 17 heavy (non-hydrogen) atoms.